The van der Waals surface area contributed by atoms with Crippen LogP contribution in [0, 0.1) is 18.6 Å². The van der Waals surface area contributed by atoms with Gasteiger partial charge in [-0.1, -0.05) is 6.92 Å². The minimum absolute atomic E-state index is 0.0397. The van der Waals surface area contributed by atoms with E-state index in [1.807, 2.05) is 13.0 Å². The number of thiophene rings is 1. The van der Waals surface area contributed by atoms with E-state index in [-0.39, 0.29) is 11.9 Å². The summed E-state index contributed by atoms with van der Waals surface area (Å²) in [4.78, 5) is 1.71. The van der Waals surface area contributed by atoms with E-state index in [1.54, 1.807) is 13.0 Å². The maximum Gasteiger partial charge on any atom is 0.132 e. The fourth-order valence-electron chi connectivity index (χ4n) is 1.73. The molecule has 18 heavy (non-hydrogen) atoms. The van der Waals surface area contributed by atoms with Crippen molar-refractivity contribution in [2.75, 3.05) is 0 Å². The molecule has 1 nitrogen and oxygen atoms in total. The Labute approximate surface area is 109 Å². The van der Waals surface area contributed by atoms with Crippen LogP contribution in [0.3, 0.4) is 0 Å². The van der Waals surface area contributed by atoms with Gasteiger partial charge in [0.2, 0.25) is 0 Å². The number of aryl methyl sites for hydroxylation is 1. The summed E-state index contributed by atoms with van der Waals surface area (Å²) in [6.07, 6.45) is 0.824. The van der Waals surface area contributed by atoms with Gasteiger partial charge in [-0.2, -0.15) is 0 Å². The molecule has 0 spiro atoms. The molecule has 96 valence electrons. The molecule has 1 aromatic heterocycles. The van der Waals surface area contributed by atoms with Crippen LogP contribution < -0.4 is 5.73 Å². The van der Waals surface area contributed by atoms with E-state index in [2.05, 4.69) is 0 Å². The Kier molecular flexibility index (Phi) is 3.78. The van der Waals surface area contributed by atoms with Crippen molar-refractivity contribution in [1.82, 2.24) is 0 Å². The Hall–Kier alpha value is -1.26. The van der Waals surface area contributed by atoms with Gasteiger partial charge in [-0.25, -0.2) is 8.78 Å². The van der Waals surface area contributed by atoms with E-state index in [0.29, 0.717) is 16.0 Å². The molecule has 0 aliphatic heterocycles. The number of hydrogen-bond acceptors (Lipinski definition) is 2. The zero-order valence-corrected chi connectivity index (χ0v) is 11.2. The Morgan fingerprint density at radius 1 is 1.22 bits per heavy atom. The maximum absolute atomic E-state index is 13.8. The van der Waals surface area contributed by atoms with Crippen molar-refractivity contribution in [1.29, 1.82) is 0 Å². The molecule has 1 unspecified atom stereocenters. The van der Waals surface area contributed by atoms with Gasteiger partial charge in [0.1, 0.15) is 11.6 Å². The van der Waals surface area contributed by atoms with Gasteiger partial charge in [0, 0.05) is 21.4 Å². The van der Waals surface area contributed by atoms with Crippen molar-refractivity contribution in [2.45, 2.75) is 26.3 Å². The maximum atomic E-state index is 13.8. The summed E-state index contributed by atoms with van der Waals surface area (Å²) in [5.74, 6) is -0.784. The number of benzene rings is 1. The lowest BCUT2D eigenvalue weighted by Gasteiger charge is -2.05. The van der Waals surface area contributed by atoms with E-state index in [0.717, 1.165) is 11.3 Å². The molecule has 1 atom stereocenters. The highest BCUT2D eigenvalue weighted by atomic mass is 32.1. The van der Waals surface area contributed by atoms with Gasteiger partial charge in [-0.15, -0.1) is 11.3 Å². The minimum atomic E-state index is -0.396. The highest BCUT2D eigenvalue weighted by molar-refractivity contribution is 7.15. The van der Waals surface area contributed by atoms with E-state index in [9.17, 15) is 8.78 Å². The van der Waals surface area contributed by atoms with Gasteiger partial charge in [0.15, 0.2) is 0 Å². The smallest absolute Gasteiger partial charge is 0.132 e. The van der Waals surface area contributed by atoms with Crippen molar-refractivity contribution in [2.24, 2.45) is 5.73 Å². The van der Waals surface area contributed by atoms with Crippen LogP contribution in [0.1, 0.15) is 29.8 Å². The Morgan fingerprint density at radius 3 is 2.61 bits per heavy atom. The number of halogens is 2. The first-order chi connectivity index (χ1) is 8.52. The van der Waals surface area contributed by atoms with Crippen LogP contribution in [0.25, 0.3) is 10.4 Å². The second-order valence-electron chi connectivity index (χ2n) is 4.30. The molecule has 2 rings (SSSR count). The lowest BCUT2D eigenvalue weighted by molar-refractivity contribution is 0.595. The summed E-state index contributed by atoms with van der Waals surface area (Å²) in [7, 11) is 0. The van der Waals surface area contributed by atoms with E-state index < -0.39 is 5.82 Å². The fourth-order valence-corrected chi connectivity index (χ4v) is 2.84. The van der Waals surface area contributed by atoms with Crippen LogP contribution in [0.15, 0.2) is 24.3 Å². The minimum Gasteiger partial charge on any atom is -0.323 e. The zero-order chi connectivity index (χ0) is 13.3. The van der Waals surface area contributed by atoms with Gasteiger partial charge in [-0.05, 0) is 43.2 Å². The molecule has 2 aromatic rings. The zero-order valence-electron chi connectivity index (χ0n) is 10.3. The lowest BCUT2D eigenvalue weighted by Crippen LogP contribution is -2.05. The van der Waals surface area contributed by atoms with Crippen LogP contribution >= 0.6 is 11.3 Å². The van der Waals surface area contributed by atoms with Gasteiger partial charge in [0.05, 0.1) is 0 Å². The van der Waals surface area contributed by atoms with Gasteiger partial charge in [0.25, 0.3) is 0 Å². The van der Waals surface area contributed by atoms with Crippen LogP contribution in [0.5, 0.6) is 0 Å². The summed E-state index contributed by atoms with van der Waals surface area (Å²) in [6.45, 7) is 3.55. The van der Waals surface area contributed by atoms with E-state index in [4.69, 9.17) is 5.73 Å². The number of hydrogen-bond donors (Lipinski definition) is 1. The van der Waals surface area contributed by atoms with E-state index in [1.165, 1.54) is 23.5 Å². The SMILES string of the molecule is CCC(N)c1ccc(-c2cc(F)c(C)cc2F)s1. The summed E-state index contributed by atoms with van der Waals surface area (Å²) >= 11 is 1.42. The van der Waals surface area contributed by atoms with Crippen molar-refractivity contribution in [3.63, 3.8) is 0 Å². The predicted molar refractivity (Wildman–Crippen MR) is 71.6 cm³/mol. The molecule has 2 N–H and O–H groups in total. The Bertz CT molecular complexity index is 563. The third-order valence-corrected chi connectivity index (χ3v) is 4.20. The standard InChI is InChI=1S/C14H15F2NS/c1-3-12(17)14-5-4-13(18-14)9-7-10(15)8(2)6-11(9)16/h4-7,12H,3,17H2,1-2H3. The quantitative estimate of drug-likeness (QED) is 0.875. The van der Waals surface area contributed by atoms with Crippen LogP contribution in [-0.4, -0.2) is 0 Å². The fraction of sp³-hybridized carbons (Fsp3) is 0.286. The molecule has 4 heteroatoms. The van der Waals surface area contributed by atoms with Gasteiger partial charge >= 0.3 is 0 Å². The second-order valence-corrected chi connectivity index (χ2v) is 5.41. The molecular formula is C14H15F2NS. The first-order valence-corrected chi connectivity index (χ1v) is 6.66. The van der Waals surface area contributed by atoms with Crippen molar-refractivity contribution >= 4 is 11.3 Å². The first-order valence-electron chi connectivity index (χ1n) is 5.84. The molecule has 0 bridgehead atoms. The highest BCUT2D eigenvalue weighted by Gasteiger charge is 2.13. The van der Waals surface area contributed by atoms with Gasteiger partial charge in [-0.3, -0.25) is 0 Å². The highest BCUT2D eigenvalue weighted by Crippen LogP contribution is 2.34. The monoisotopic (exact) mass is 267 g/mol. The molecule has 0 saturated carbocycles. The third kappa shape index (κ3) is 2.44. The predicted octanol–water partition coefficient (Wildman–Crippen LogP) is 4.41. The normalized spacial score (nSPS) is 12.7. The second kappa shape index (κ2) is 5.16. The molecule has 0 aliphatic rings. The summed E-state index contributed by atoms with van der Waals surface area (Å²) in [5, 5.41) is 0. The lowest BCUT2D eigenvalue weighted by atomic mass is 10.1. The molecular weight excluding hydrogens is 252 g/mol. The Balaban J connectivity index is 2.43. The topological polar surface area (TPSA) is 26.0 Å². The average Bonchev–Trinajstić information content (AvgIpc) is 2.82. The van der Waals surface area contributed by atoms with Crippen molar-refractivity contribution in [3.8, 4) is 10.4 Å². The van der Waals surface area contributed by atoms with Crippen molar-refractivity contribution in [3.05, 3.63) is 46.3 Å². The molecule has 0 saturated heterocycles. The average molecular weight is 267 g/mol. The largest absolute Gasteiger partial charge is 0.323 e. The van der Waals surface area contributed by atoms with Crippen LogP contribution in [-0.2, 0) is 0 Å². The summed E-state index contributed by atoms with van der Waals surface area (Å²) in [5.41, 5.74) is 6.54. The number of rotatable bonds is 3. The van der Waals surface area contributed by atoms with E-state index >= 15 is 0 Å². The van der Waals surface area contributed by atoms with Gasteiger partial charge < -0.3 is 5.73 Å². The number of nitrogens with two attached hydrogens (primary N) is 1. The van der Waals surface area contributed by atoms with Crippen LogP contribution in [0.4, 0.5) is 8.78 Å². The molecule has 1 heterocycles. The third-order valence-electron chi connectivity index (χ3n) is 2.95. The molecule has 0 fully saturated rings. The Morgan fingerprint density at radius 2 is 1.94 bits per heavy atom. The van der Waals surface area contributed by atoms with Crippen LogP contribution in [0.2, 0.25) is 0 Å². The molecule has 0 radical (unpaired) electrons. The first kappa shape index (κ1) is 13.2. The molecule has 0 aliphatic carbocycles. The molecule has 1 aromatic carbocycles. The summed E-state index contributed by atoms with van der Waals surface area (Å²) in [6, 6.07) is 6.11. The molecule has 0 amide bonds. The van der Waals surface area contributed by atoms with Crippen molar-refractivity contribution < 1.29 is 8.78 Å². The summed E-state index contributed by atoms with van der Waals surface area (Å²) < 4.78 is 27.3.